The molecule has 4 nitrogen and oxygen atoms in total. The molecule has 0 radical (unpaired) electrons. The molecular weight excluding hydrogens is 307 g/mol. The monoisotopic (exact) mass is 315 g/mol. The van der Waals surface area contributed by atoms with Crippen LogP contribution in [0.15, 0.2) is 30.3 Å². The molecule has 0 aliphatic carbocycles. The Morgan fingerprint density at radius 2 is 2.00 bits per heavy atom. The third-order valence-corrected chi connectivity index (χ3v) is 3.16. The maximum atomic E-state index is 12.7. The molecule has 0 fully saturated rings. The van der Waals surface area contributed by atoms with Gasteiger partial charge in [-0.25, -0.2) is 9.97 Å². The van der Waals surface area contributed by atoms with Crippen LogP contribution in [0.1, 0.15) is 17.4 Å². The van der Waals surface area contributed by atoms with Crippen LogP contribution in [0.5, 0.6) is 5.75 Å². The van der Waals surface area contributed by atoms with Crippen molar-refractivity contribution in [2.75, 3.05) is 11.9 Å². The van der Waals surface area contributed by atoms with Crippen molar-refractivity contribution in [2.24, 2.45) is 0 Å². The van der Waals surface area contributed by atoms with E-state index < -0.39 is 12.0 Å². The van der Waals surface area contributed by atoms with Gasteiger partial charge in [0, 0.05) is 11.6 Å². The largest absolute Gasteiger partial charge is 0.491 e. The Bertz CT molecular complexity index is 678. The van der Waals surface area contributed by atoms with Gasteiger partial charge in [0.15, 0.2) is 0 Å². The fourth-order valence-electron chi connectivity index (χ4n) is 2.08. The zero-order valence-electron chi connectivity index (χ0n) is 10.5. The molecule has 8 heteroatoms. The lowest BCUT2D eigenvalue weighted by Gasteiger charge is -2.14. The van der Waals surface area contributed by atoms with Crippen molar-refractivity contribution in [3.05, 3.63) is 46.9 Å². The summed E-state index contributed by atoms with van der Waals surface area (Å²) in [4.78, 5) is 6.64. The zero-order valence-corrected chi connectivity index (χ0v) is 11.2. The van der Waals surface area contributed by atoms with E-state index in [1.165, 1.54) is 6.07 Å². The summed E-state index contributed by atoms with van der Waals surface area (Å²) in [5.41, 5.74) is 0.862. The highest BCUT2D eigenvalue weighted by molar-refractivity contribution is 6.29. The van der Waals surface area contributed by atoms with E-state index >= 15 is 0 Å². The third-order valence-electron chi connectivity index (χ3n) is 2.97. The number of nitrogens with one attached hydrogen (secondary N) is 1. The Morgan fingerprint density at radius 3 is 2.76 bits per heavy atom. The number of halogens is 4. The molecule has 1 atom stereocenters. The second kappa shape index (κ2) is 5.07. The molecule has 0 saturated carbocycles. The fraction of sp³-hybridized carbons (Fsp3) is 0.231. The van der Waals surface area contributed by atoms with Crippen LogP contribution in [0.4, 0.5) is 19.0 Å². The number of rotatable bonds is 2. The van der Waals surface area contributed by atoms with Crippen LogP contribution < -0.4 is 10.1 Å². The number of alkyl halides is 3. The maximum Gasteiger partial charge on any atom is 0.451 e. The van der Waals surface area contributed by atoms with Crippen LogP contribution in [-0.4, -0.2) is 16.6 Å². The van der Waals surface area contributed by atoms with E-state index in [9.17, 15) is 13.2 Å². The van der Waals surface area contributed by atoms with E-state index in [-0.39, 0.29) is 17.0 Å². The predicted octanol–water partition coefficient (Wildman–Crippen LogP) is 3.69. The number of nitrogens with zero attached hydrogens (tertiary/aromatic N) is 2. The number of ether oxygens (including phenoxy) is 1. The van der Waals surface area contributed by atoms with Crippen LogP contribution in [0, 0.1) is 0 Å². The molecule has 1 aliphatic rings. The summed E-state index contributed by atoms with van der Waals surface area (Å²) in [6.45, 7) is 0.308. The summed E-state index contributed by atoms with van der Waals surface area (Å²) in [5.74, 6) is -0.566. The van der Waals surface area contributed by atoms with Crippen molar-refractivity contribution in [3.8, 4) is 5.75 Å². The minimum absolute atomic E-state index is 0.00706. The smallest absolute Gasteiger partial charge is 0.451 e. The van der Waals surface area contributed by atoms with Gasteiger partial charge in [0.05, 0.1) is 6.04 Å². The summed E-state index contributed by atoms with van der Waals surface area (Å²) in [7, 11) is 0. The molecule has 2 aromatic rings. The average Bonchev–Trinajstić information content (AvgIpc) is 2.81. The number of aromatic nitrogens is 2. The lowest BCUT2D eigenvalue weighted by atomic mass is 10.1. The minimum Gasteiger partial charge on any atom is -0.491 e. The molecule has 2 heterocycles. The lowest BCUT2D eigenvalue weighted by Crippen LogP contribution is -2.16. The summed E-state index contributed by atoms with van der Waals surface area (Å²) < 4.78 is 43.4. The first-order valence-corrected chi connectivity index (χ1v) is 6.41. The first-order chi connectivity index (χ1) is 9.93. The van der Waals surface area contributed by atoms with Gasteiger partial charge in [0.2, 0.25) is 5.82 Å². The van der Waals surface area contributed by atoms with Crippen LogP contribution in [0.3, 0.4) is 0 Å². The van der Waals surface area contributed by atoms with Crippen LogP contribution in [0.2, 0.25) is 5.15 Å². The normalized spacial score (nSPS) is 17.2. The molecule has 1 aromatic heterocycles. The Kier molecular flexibility index (Phi) is 3.36. The van der Waals surface area contributed by atoms with Crippen LogP contribution >= 0.6 is 11.6 Å². The van der Waals surface area contributed by atoms with Crippen LogP contribution in [0.25, 0.3) is 0 Å². The molecule has 3 rings (SSSR count). The second-order valence-electron chi connectivity index (χ2n) is 4.44. The quantitative estimate of drug-likeness (QED) is 0.859. The maximum absolute atomic E-state index is 12.7. The molecule has 1 aromatic carbocycles. The zero-order chi connectivity index (χ0) is 15.0. The van der Waals surface area contributed by atoms with E-state index in [4.69, 9.17) is 16.3 Å². The van der Waals surface area contributed by atoms with E-state index in [0.29, 0.717) is 12.4 Å². The highest BCUT2D eigenvalue weighted by atomic mass is 35.5. The summed E-state index contributed by atoms with van der Waals surface area (Å²) >= 11 is 5.62. The number of anilines is 1. The van der Waals surface area contributed by atoms with E-state index in [1.54, 1.807) is 6.07 Å². The summed E-state index contributed by atoms with van der Waals surface area (Å²) in [6.07, 6.45) is -4.65. The highest BCUT2D eigenvalue weighted by Crippen LogP contribution is 2.35. The van der Waals surface area contributed by atoms with Gasteiger partial charge >= 0.3 is 6.18 Å². The molecule has 0 amide bonds. The van der Waals surface area contributed by atoms with Crippen molar-refractivity contribution < 1.29 is 17.9 Å². The minimum atomic E-state index is -4.65. The van der Waals surface area contributed by atoms with Crippen molar-refractivity contribution in [2.45, 2.75) is 12.2 Å². The van der Waals surface area contributed by atoms with Gasteiger partial charge in [-0.05, 0) is 6.07 Å². The fourth-order valence-corrected chi connectivity index (χ4v) is 2.26. The Balaban J connectivity index is 1.88. The van der Waals surface area contributed by atoms with Gasteiger partial charge in [-0.1, -0.05) is 29.8 Å². The van der Waals surface area contributed by atoms with Gasteiger partial charge < -0.3 is 10.1 Å². The van der Waals surface area contributed by atoms with Crippen molar-refractivity contribution >= 4 is 17.4 Å². The molecule has 110 valence electrons. The predicted molar refractivity (Wildman–Crippen MR) is 70.3 cm³/mol. The lowest BCUT2D eigenvalue weighted by molar-refractivity contribution is -0.144. The number of benzene rings is 1. The molecule has 1 N–H and O–H groups in total. The molecular formula is C13H9ClF3N3O. The first-order valence-electron chi connectivity index (χ1n) is 6.03. The third kappa shape index (κ3) is 2.87. The molecule has 0 saturated heterocycles. The molecule has 1 unspecified atom stereocenters. The Morgan fingerprint density at radius 1 is 1.24 bits per heavy atom. The van der Waals surface area contributed by atoms with Gasteiger partial charge in [0.1, 0.15) is 23.3 Å². The number of hydrogen-bond acceptors (Lipinski definition) is 4. The Labute approximate surface area is 122 Å². The van der Waals surface area contributed by atoms with Gasteiger partial charge in [-0.3, -0.25) is 0 Å². The molecule has 0 spiro atoms. The van der Waals surface area contributed by atoms with Crippen LogP contribution in [-0.2, 0) is 6.18 Å². The molecule has 21 heavy (non-hydrogen) atoms. The van der Waals surface area contributed by atoms with Crippen molar-refractivity contribution in [1.29, 1.82) is 0 Å². The number of fused-ring (bicyclic) bond motifs is 1. The Hall–Kier alpha value is -2.02. The topological polar surface area (TPSA) is 47.0 Å². The van der Waals surface area contributed by atoms with Gasteiger partial charge in [-0.2, -0.15) is 13.2 Å². The van der Waals surface area contributed by atoms with E-state index in [2.05, 4.69) is 15.3 Å². The standard InChI is InChI=1S/C13H9ClF3N3O/c14-10-5-11(20-12(19-10)13(15,16)17)18-8-6-21-9-4-2-1-3-7(8)9/h1-5,8H,6H2,(H,18,19,20). The SMILES string of the molecule is FC(F)(F)c1nc(Cl)cc(NC2COc3ccccc32)n1. The van der Waals surface area contributed by atoms with E-state index in [1.807, 2.05) is 18.2 Å². The summed E-state index contributed by atoms with van der Waals surface area (Å²) in [6, 6.07) is 8.25. The average molecular weight is 316 g/mol. The van der Waals surface area contributed by atoms with Gasteiger partial charge in [-0.15, -0.1) is 0 Å². The van der Waals surface area contributed by atoms with Crippen molar-refractivity contribution in [3.63, 3.8) is 0 Å². The number of para-hydroxylation sites is 1. The van der Waals surface area contributed by atoms with E-state index in [0.717, 1.165) is 5.56 Å². The first kappa shape index (κ1) is 13.9. The summed E-state index contributed by atoms with van der Waals surface area (Å²) in [5, 5.41) is 2.62. The second-order valence-corrected chi connectivity index (χ2v) is 4.83. The molecule has 0 bridgehead atoms. The molecule has 1 aliphatic heterocycles. The van der Waals surface area contributed by atoms with Gasteiger partial charge in [0.25, 0.3) is 0 Å². The number of hydrogen-bond donors (Lipinski definition) is 1. The van der Waals surface area contributed by atoms with Crippen molar-refractivity contribution in [1.82, 2.24) is 9.97 Å². The highest BCUT2D eigenvalue weighted by Gasteiger charge is 2.35.